The molecule has 11 heavy (non-hydrogen) atoms. The van der Waals surface area contributed by atoms with Gasteiger partial charge in [0.15, 0.2) is 11.6 Å². The number of halogens is 1. The Labute approximate surface area is 64.2 Å². The van der Waals surface area contributed by atoms with Gasteiger partial charge in [-0.3, -0.25) is 0 Å². The lowest BCUT2D eigenvalue weighted by Crippen LogP contribution is -1.89. The molecule has 0 aliphatic rings. The first-order chi connectivity index (χ1) is 5.27. The summed E-state index contributed by atoms with van der Waals surface area (Å²) in [4.78, 5) is 0. The maximum atomic E-state index is 12.8. The molecule has 0 spiro atoms. The van der Waals surface area contributed by atoms with Crippen molar-refractivity contribution >= 4 is 0 Å². The Kier molecular flexibility index (Phi) is 2.44. The van der Waals surface area contributed by atoms with Crippen LogP contribution in [-0.2, 0) is 11.7 Å². The van der Waals surface area contributed by atoms with Gasteiger partial charge in [-0.2, -0.15) is 0 Å². The Morgan fingerprint density at radius 2 is 2.27 bits per heavy atom. The first-order valence-corrected chi connectivity index (χ1v) is 3.18. The minimum absolute atomic E-state index is 0.169. The van der Waals surface area contributed by atoms with Crippen LogP contribution in [0.15, 0.2) is 18.2 Å². The van der Waals surface area contributed by atoms with Crippen LogP contribution in [0.3, 0.4) is 0 Å². The van der Waals surface area contributed by atoms with Gasteiger partial charge in [0, 0.05) is 0 Å². The molecule has 0 fully saturated rings. The molecule has 1 aromatic carbocycles. The third-order valence-corrected chi connectivity index (χ3v) is 1.38. The van der Waals surface area contributed by atoms with Crippen LogP contribution in [0.2, 0.25) is 0 Å². The van der Waals surface area contributed by atoms with E-state index in [9.17, 15) is 9.50 Å². The second-order valence-electron chi connectivity index (χ2n) is 2.11. The molecule has 0 bridgehead atoms. The van der Waals surface area contributed by atoms with E-state index in [4.69, 9.17) is 0 Å². The standard InChI is InChI=1S/C8H8FO2/c1-11-8-3-2-6(5-10)4-7(8)9/h2-4H,5H2,1H3. The summed E-state index contributed by atoms with van der Waals surface area (Å²) in [5.41, 5.74) is 0.434. The van der Waals surface area contributed by atoms with Crippen LogP contribution in [0.5, 0.6) is 5.75 Å². The lowest BCUT2D eigenvalue weighted by molar-refractivity contribution is 0.177. The molecule has 0 heterocycles. The molecule has 1 radical (unpaired) electrons. The van der Waals surface area contributed by atoms with Gasteiger partial charge in [0.25, 0.3) is 0 Å². The van der Waals surface area contributed by atoms with Gasteiger partial charge in [0.05, 0.1) is 7.11 Å². The van der Waals surface area contributed by atoms with Crippen LogP contribution < -0.4 is 4.74 Å². The molecule has 0 amide bonds. The van der Waals surface area contributed by atoms with Gasteiger partial charge >= 0.3 is 0 Å². The quantitative estimate of drug-likeness (QED) is 0.639. The topological polar surface area (TPSA) is 29.1 Å². The molecule has 0 unspecified atom stereocenters. The summed E-state index contributed by atoms with van der Waals surface area (Å²) in [6.07, 6.45) is 0. The number of hydrogen-bond donors (Lipinski definition) is 0. The third-order valence-electron chi connectivity index (χ3n) is 1.38. The van der Waals surface area contributed by atoms with Crippen LogP contribution >= 0.6 is 0 Å². The van der Waals surface area contributed by atoms with Crippen molar-refractivity contribution in [1.82, 2.24) is 0 Å². The van der Waals surface area contributed by atoms with Gasteiger partial charge in [-0.15, -0.1) is 0 Å². The van der Waals surface area contributed by atoms with Crippen molar-refractivity contribution in [3.8, 4) is 5.75 Å². The summed E-state index contributed by atoms with van der Waals surface area (Å²) >= 11 is 0. The highest BCUT2D eigenvalue weighted by atomic mass is 19.1. The summed E-state index contributed by atoms with van der Waals surface area (Å²) in [6, 6.07) is 4.18. The summed E-state index contributed by atoms with van der Waals surface area (Å²) in [6.45, 7) is -0.402. The Morgan fingerprint density at radius 1 is 1.55 bits per heavy atom. The van der Waals surface area contributed by atoms with E-state index in [1.807, 2.05) is 0 Å². The van der Waals surface area contributed by atoms with E-state index in [1.54, 1.807) is 6.07 Å². The highest BCUT2D eigenvalue weighted by molar-refractivity contribution is 5.28. The van der Waals surface area contributed by atoms with Crippen molar-refractivity contribution < 1.29 is 14.2 Å². The molecule has 0 saturated carbocycles. The fourth-order valence-electron chi connectivity index (χ4n) is 0.800. The van der Waals surface area contributed by atoms with E-state index in [-0.39, 0.29) is 5.75 Å². The Hall–Kier alpha value is -1.09. The van der Waals surface area contributed by atoms with Crippen LogP contribution in [0, 0.1) is 5.82 Å². The highest BCUT2D eigenvalue weighted by Gasteiger charge is 2.01. The fourth-order valence-corrected chi connectivity index (χ4v) is 0.800. The van der Waals surface area contributed by atoms with E-state index in [0.717, 1.165) is 0 Å². The number of benzene rings is 1. The van der Waals surface area contributed by atoms with Crippen LogP contribution in [-0.4, -0.2) is 7.11 Å². The molecule has 0 aromatic heterocycles. The smallest absolute Gasteiger partial charge is 0.165 e. The van der Waals surface area contributed by atoms with Gasteiger partial charge in [0.1, 0.15) is 6.61 Å². The van der Waals surface area contributed by atoms with E-state index in [1.165, 1.54) is 19.2 Å². The number of methoxy groups -OCH3 is 1. The van der Waals surface area contributed by atoms with Crippen LogP contribution in [0.1, 0.15) is 5.56 Å². The Morgan fingerprint density at radius 3 is 2.73 bits per heavy atom. The molecule has 1 rings (SSSR count). The zero-order valence-electron chi connectivity index (χ0n) is 6.13. The largest absolute Gasteiger partial charge is 0.494 e. The first-order valence-electron chi connectivity index (χ1n) is 3.18. The van der Waals surface area contributed by atoms with Gasteiger partial charge < -0.3 is 4.74 Å². The zero-order chi connectivity index (χ0) is 8.27. The molecule has 1 aromatic rings. The van der Waals surface area contributed by atoms with Crippen LogP contribution in [0.4, 0.5) is 4.39 Å². The summed E-state index contributed by atoms with van der Waals surface area (Å²) in [5.74, 6) is -0.317. The van der Waals surface area contributed by atoms with Crippen molar-refractivity contribution in [3.63, 3.8) is 0 Å². The van der Waals surface area contributed by atoms with Crippen molar-refractivity contribution in [3.05, 3.63) is 29.6 Å². The molecule has 0 saturated heterocycles. The average Bonchev–Trinajstić information content (AvgIpc) is 2.04. The number of rotatable bonds is 2. The second kappa shape index (κ2) is 3.34. The first kappa shape index (κ1) is 8.01. The number of hydrogen-bond acceptors (Lipinski definition) is 1. The fraction of sp³-hybridized carbons (Fsp3) is 0.250. The normalized spacial score (nSPS) is 9.73. The monoisotopic (exact) mass is 155 g/mol. The van der Waals surface area contributed by atoms with Crippen LogP contribution in [0.25, 0.3) is 0 Å². The van der Waals surface area contributed by atoms with Gasteiger partial charge in [0.2, 0.25) is 0 Å². The molecular formula is C8H8FO2. The molecule has 3 heteroatoms. The van der Waals surface area contributed by atoms with Crippen molar-refractivity contribution in [2.45, 2.75) is 6.61 Å². The lowest BCUT2D eigenvalue weighted by atomic mass is 10.2. The molecule has 0 aliphatic heterocycles. The lowest BCUT2D eigenvalue weighted by Gasteiger charge is -2.01. The van der Waals surface area contributed by atoms with Crippen molar-refractivity contribution in [2.75, 3.05) is 7.11 Å². The molecule has 59 valence electrons. The molecule has 0 atom stereocenters. The maximum absolute atomic E-state index is 12.8. The van der Waals surface area contributed by atoms with Gasteiger partial charge in [-0.05, 0) is 17.7 Å². The number of ether oxygens (including phenoxy) is 1. The highest BCUT2D eigenvalue weighted by Crippen LogP contribution is 2.17. The molecular weight excluding hydrogens is 147 g/mol. The summed E-state index contributed by atoms with van der Waals surface area (Å²) in [5, 5.41) is 10.3. The Bertz CT molecular complexity index is 248. The predicted molar refractivity (Wildman–Crippen MR) is 37.3 cm³/mol. The van der Waals surface area contributed by atoms with Crippen molar-refractivity contribution in [2.24, 2.45) is 0 Å². The predicted octanol–water partition coefficient (Wildman–Crippen LogP) is 1.76. The summed E-state index contributed by atoms with van der Waals surface area (Å²) in [7, 11) is 1.38. The third kappa shape index (κ3) is 1.68. The average molecular weight is 155 g/mol. The van der Waals surface area contributed by atoms with E-state index in [2.05, 4.69) is 4.74 Å². The van der Waals surface area contributed by atoms with Gasteiger partial charge in [-0.1, -0.05) is 6.07 Å². The van der Waals surface area contributed by atoms with E-state index in [0.29, 0.717) is 5.56 Å². The van der Waals surface area contributed by atoms with Gasteiger partial charge in [-0.25, -0.2) is 9.50 Å². The second-order valence-corrected chi connectivity index (χ2v) is 2.11. The molecule has 0 aliphatic carbocycles. The maximum Gasteiger partial charge on any atom is 0.165 e. The molecule has 2 nitrogen and oxygen atoms in total. The van der Waals surface area contributed by atoms with E-state index >= 15 is 0 Å². The minimum atomic E-state index is -0.485. The summed E-state index contributed by atoms with van der Waals surface area (Å²) < 4.78 is 17.4. The van der Waals surface area contributed by atoms with Crippen molar-refractivity contribution in [1.29, 1.82) is 0 Å². The molecule has 0 N–H and O–H groups in total. The van der Waals surface area contributed by atoms with E-state index < -0.39 is 12.4 Å². The minimum Gasteiger partial charge on any atom is -0.494 e. The Balaban J connectivity index is 2.99. The zero-order valence-corrected chi connectivity index (χ0v) is 6.13. The SMILES string of the molecule is COc1ccc(C[O])cc1F.